The maximum Gasteiger partial charge on any atom is 0.253 e. The molecule has 1 atom stereocenters. The van der Waals surface area contributed by atoms with E-state index in [1.165, 1.54) is 0 Å². The van der Waals surface area contributed by atoms with Gasteiger partial charge in [0, 0.05) is 24.5 Å². The molecule has 0 saturated heterocycles. The molecule has 0 aliphatic carbocycles. The van der Waals surface area contributed by atoms with Gasteiger partial charge in [0.15, 0.2) is 0 Å². The predicted molar refractivity (Wildman–Crippen MR) is 81.9 cm³/mol. The highest BCUT2D eigenvalue weighted by atomic mass is 32.2. The highest BCUT2D eigenvalue weighted by Crippen LogP contribution is 2.15. The van der Waals surface area contributed by atoms with Crippen LogP contribution in [0.3, 0.4) is 0 Å². The number of nitrogens with one attached hydrogen (secondary N) is 2. The fourth-order valence-electron chi connectivity index (χ4n) is 1.75. The van der Waals surface area contributed by atoms with E-state index in [4.69, 9.17) is 0 Å². The molecule has 1 aromatic rings. The van der Waals surface area contributed by atoms with E-state index in [2.05, 4.69) is 10.6 Å². The average Bonchev–Trinajstić information content (AvgIpc) is 2.37. The Morgan fingerprint density at radius 1 is 1.42 bits per heavy atom. The Morgan fingerprint density at radius 3 is 2.74 bits per heavy atom. The number of hydrogen-bond donors (Lipinski definition) is 3. The topological polar surface area (TPSA) is 61.4 Å². The lowest BCUT2D eigenvalue weighted by Gasteiger charge is -2.22. The first-order valence-corrected chi connectivity index (χ1v) is 7.72. The van der Waals surface area contributed by atoms with E-state index in [-0.39, 0.29) is 12.5 Å². The zero-order chi connectivity index (χ0) is 14.3. The van der Waals surface area contributed by atoms with Gasteiger partial charge in [0.25, 0.3) is 5.91 Å². The number of hydrogen-bond acceptors (Lipinski definition) is 4. The van der Waals surface area contributed by atoms with Gasteiger partial charge in [-0.25, -0.2) is 0 Å². The van der Waals surface area contributed by atoms with Crippen molar-refractivity contribution in [2.75, 3.05) is 30.4 Å². The van der Waals surface area contributed by atoms with Crippen molar-refractivity contribution in [3.8, 4) is 0 Å². The lowest BCUT2D eigenvalue weighted by Crippen LogP contribution is -2.42. The maximum absolute atomic E-state index is 12.1. The summed E-state index contributed by atoms with van der Waals surface area (Å²) in [4.78, 5) is 12.1. The van der Waals surface area contributed by atoms with Gasteiger partial charge < -0.3 is 15.7 Å². The van der Waals surface area contributed by atoms with E-state index in [1.807, 2.05) is 31.4 Å². The predicted octanol–water partition coefficient (Wildman–Crippen LogP) is 1.96. The van der Waals surface area contributed by atoms with Crippen molar-refractivity contribution >= 4 is 23.4 Å². The van der Waals surface area contributed by atoms with Gasteiger partial charge in [-0.15, -0.1) is 0 Å². The van der Waals surface area contributed by atoms with Crippen LogP contribution in [0.2, 0.25) is 0 Å². The first-order valence-electron chi connectivity index (χ1n) is 6.32. The van der Waals surface area contributed by atoms with Gasteiger partial charge in [0.1, 0.15) is 0 Å². The Kier molecular flexibility index (Phi) is 6.18. The number of benzene rings is 1. The third-order valence-corrected chi connectivity index (χ3v) is 3.53. The van der Waals surface area contributed by atoms with Crippen molar-refractivity contribution in [2.45, 2.75) is 19.4 Å². The monoisotopic (exact) mass is 282 g/mol. The molecule has 19 heavy (non-hydrogen) atoms. The van der Waals surface area contributed by atoms with Gasteiger partial charge in [-0.2, -0.15) is 11.8 Å². The molecule has 0 aliphatic rings. The number of thioether (sulfide) groups is 1. The van der Waals surface area contributed by atoms with Gasteiger partial charge in [-0.1, -0.05) is 12.1 Å². The van der Waals surface area contributed by atoms with Crippen molar-refractivity contribution in [1.82, 2.24) is 5.32 Å². The van der Waals surface area contributed by atoms with Crippen LogP contribution in [-0.2, 0) is 0 Å². The van der Waals surface area contributed by atoms with E-state index >= 15 is 0 Å². The number of carbonyl (C=O) groups is 1. The summed E-state index contributed by atoms with van der Waals surface area (Å²) in [5.41, 5.74) is 0.527. The highest BCUT2D eigenvalue weighted by molar-refractivity contribution is 7.98. The van der Waals surface area contributed by atoms with Crippen molar-refractivity contribution in [3.63, 3.8) is 0 Å². The third kappa shape index (κ3) is 5.12. The van der Waals surface area contributed by atoms with E-state index in [0.29, 0.717) is 11.3 Å². The molecule has 0 heterocycles. The number of para-hydroxylation sites is 1. The van der Waals surface area contributed by atoms with Crippen LogP contribution in [0.4, 0.5) is 5.69 Å². The minimum absolute atomic E-state index is 0.169. The molecule has 1 rings (SSSR count). The molecule has 1 unspecified atom stereocenters. The van der Waals surface area contributed by atoms with E-state index in [9.17, 15) is 9.90 Å². The smallest absolute Gasteiger partial charge is 0.253 e. The third-order valence-electron chi connectivity index (χ3n) is 2.62. The summed E-state index contributed by atoms with van der Waals surface area (Å²) >= 11 is 1.55. The molecule has 5 heteroatoms. The first-order chi connectivity index (χ1) is 9.00. The van der Waals surface area contributed by atoms with Crippen LogP contribution in [0.15, 0.2) is 24.3 Å². The van der Waals surface area contributed by atoms with Gasteiger partial charge in [-0.3, -0.25) is 4.79 Å². The van der Waals surface area contributed by atoms with E-state index in [0.717, 1.165) is 12.2 Å². The molecule has 0 bridgehead atoms. The largest absolute Gasteiger partial charge is 0.387 e. The van der Waals surface area contributed by atoms with Crippen LogP contribution in [0.5, 0.6) is 0 Å². The highest BCUT2D eigenvalue weighted by Gasteiger charge is 2.21. The molecule has 4 nitrogen and oxygen atoms in total. The zero-order valence-corrected chi connectivity index (χ0v) is 12.5. The number of anilines is 1. The molecule has 1 amide bonds. The number of carbonyl (C=O) groups excluding carboxylic acids is 1. The molecule has 0 fully saturated rings. The molecule has 0 spiro atoms. The van der Waals surface area contributed by atoms with Crippen LogP contribution in [0.1, 0.15) is 24.2 Å². The Hall–Kier alpha value is -1.20. The summed E-state index contributed by atoms with van der Waals surface area (Å²) in [6.45, 7) is 4.71. The second-order valence-electron chi connectivity index (χ2n) is 4.69. The molecule has 3 N–H and O–H groups in total. The van der Waals surface area contributed by atoms with E-state index < -0.39 is 5.60 Å². The summed E-state index contributed by atoms with van der Waals surface area (Å²) in [6, 6.07) is 7.36. The summed E-state index contributed by atoms with van der Waals surface area (Å²) in [7, 11) is 0. The Balaban J connectivity index is 2.68. The number of aliphatic hydroxyl groups is 1. The molecular formula is C14H22N2O2S. The van der Waals surface area contributed by atoms with Crippen LogP contribution in [0.25, 0.3) is 0 Å². The van der Waals surface area contributed by atoms with Gasteiger partial charge >= 0.3 is 0 Å². The molecular weight excluding hydrogens is 260 g/mol. The number of amides is 1. The quantitative estimate of drug-likeness (QED) is 0.715. The fourth-order valence-corrected chi connectivity index (χ4v) is 2.48. The molecule has 0 aromatic heterocycles. The lowest BCUT2D eigenvalue weighted by molar-refractivity contribution is 0.0725. The summed E-state index contributed by atoms with van der Waals surface area (Å²) in [6.07, 6.45) is 1.93. The van der Waals surface area contributed by atoms with E-state index in [1.54, 1.807) is 24.8 Å². The Bertz CT molecular complexity index is 422. The van der Waals surface area contributed by atoms with Crippen molar-refractivity contribution in [1.29, 1.82) is 0 Å². The second-order valence-corrected chi connectivity index (χ2v) is 5.55. The molecule has 0 aliphatic heterocycles. The second kappa shape index (κ2) is 7.40. The molecule has 0 radical (unpaired) electrons. The average molecular weight is 282 g/mol. The Labute approximate surface area is 119 Å². The van der Waals surface area contributed by atoms with Crippen molar-refractivity contribution in [2.24, 2.45) is 0 Å². The minimum Gasteiger partial charge on any atom is -0.387 e. The normalized spacial score (nSPS) is 13.7. The molecule has 106 valence electrons. The van der Waals surface area contributed by atoms with Crippen LogP contribution < -0.4 is 10.6 Å². The maximum atomic E-state index is 12.1. The Morgan fingerprint density at radius 2 is 2.11 bits per heavy atom. The SMILES string of the molecule is CCNc1ccccc1C(=O)NCC(C)(O)CSC. The first kappa shape index (κ1) is 15.9. The molecule has 1 aromatic carbocycles. The molecule has 0 saturated carbocycles. The standard InChI is InChI=1S/C14H22N2O2S/c1-4-15-12-8-6-5-7-11(12)13(17)16-9-14(2,18)10-19-3/h5-8,15,18H,4,9-10H2,1-3H3,(H,16,17). The zero-order valence-electron chi connectivity index (χ0n) is 11.7. The van der Waals surface area contributed by atoms with Crippen molar-refractivity contribution < 1.29 is 9.90 Å². The summed E-state index contributed by atoms with van der Waals surface area (Å²) in [5, 5.41) is 16.0. The van der Waals surface area contributed by atoms with Crippen LogP contribution in [0, 0.1) is 0 Å². The summed E-state index contributed by atoms with van der Waals surface area (Å²) < 4.78 is 0. The van der Waals surface area contributed by atoms with Crippen molar-refractivity contribution in [3.05, 3.63) is 29.8 Å². The van der Waals surface area contributed by atoms with Crippen LogP contribution in [-0.4, -0.2) is 41.7 Å². The minimum atomic E-state index is -0.887. The van der Waals surface area contributed by atoms with Crippen LogP contribution >= 0.6 is 11.8 Å². The van der Waals surface area contributed by atoms with Gasteiger partial charge in [-0.05, 0) is 32.2 Å². The van der Waals surface area contributed by atoms with Gasteiger partial charge in [0.2, 0.25) is 0 Å². The number of rotatable bonds is 7. The summed E-state index contributed by atoms with van der Waals surface area (Å²) in [5.74, 6) is 0.417. The van der Waals surface area contributed by atoms with Gasteiger partial charge in [0.05, 0.1) is 11.2 Å². The lowest BCUT2D eigenvalue weighted by atomic mass is 10.1. The fraction of sp³-hybridized carbons (Fsp3) is 0.500.